The predicted molar refractivity (Wildman–Crippen MR) is 103 cm³/mol. The van der Waals surface area contributed by atoms with Gasteiger partial charge in [0.2, 0.25) is 0 Å². The van der Waals surface area contributed by atoms with Gasteiger partial charge in [-0.2, -0.15) is 0 Å². The van der Waals surface area contributed by atoms with Crippen LogP contribution in [0.5, 0.6) is 0 Å². The van der Waals surface area contributed by atoms with Crippen molar-refractivity contribution in [2.24, 2.45) is 17.8 Å². The summed E-state index contributed by atoms with van der Waals surface area (Å²) in [4.78, 5) is 0. The van der Waals surface area contributed by atoms with Crippen molar-refractivity contribution in [2.45, 2.75) is 125 Å². The van der Waals surface area contributed by atoms with E-state index in [9.17, 15) is 0 Å². The minimum absolute atomic E-state index is 0. The molecule has 0 aromatic heterocycles. The van der Waals surface area contributed by atoms with E-state index in [1.54, 1.807) is 0 Å². The molecule has 0 aliphatic heterocycles. The molecule has 134 valence electrons. The van der Waals surface area contributed by atoms with E-state index in [1.807, 2.05) is 0 Å². The summed E-state index contributed by atoms with van der Waals surface area (Å²) in [6, 6.07) is 0. The number of hydrogen-bond acceptors (Lipinski definition) is 0. The van der Waals surface area contributed by atoms with Gasteiger partial charge in [-0.1, -0.05) is 125 Å². The second-order valence-corrected chi connectivity index (χ2v) is 8.23. The zero-order valence-corrected chi connectivity index (χ0v) is 15.3. The van der Waals surface area contributed by atoms with Crippen LogP contribution in [-0.4, -0.2) is 0 Å². The quantitative estimate of drug-likeness (QED) is 0.421. The molecule has 3 saturated carbocycles. The Kier molecular flexibility index (Phi) is 14.6. The minimum Gasteiger partial charge on any atom is -0.0776 e. The molecule has 0 heteroatoms. The molecular weight excluding hydrogens is 264 g/mol. The van der Waals surface area contributed by atoms with Crippen LogP contribution < -0.4 is 0 Å². The molecule has 22 heavy (non-hydrogen) atoms. The largest absolute Gasteiger partial charge is 0.0776 e. The van der Waals surface area contributed by atoms with Crippen molar-refractivity contribution in [2.75, 3.05) is 0 Å². The van der Waals surface area contributed by atoms with Gasteiger partial charge in [-0.05, 0) is 17.8 Å². The minimum atomic E-state index is 0. The normalized spacial score (nSPS) is 24.1. The Morgan fingerprint density at radius 2 is 0.545 bits per heavy atom. The van der Waals surface area contributed by atoms with E-state index >= 15 is 0 Å². The average Bonchev–Trinajstić information content (AvgIpc) is 2.51. The molecule has 0 atom stereocenters. The first-order valence-corrected chi connectivity index (χ1v) is 10.2. The first kappa shape index (κ1) is 22.0. The Hall–Kier alpha value is 0. The Morgan fingerprint density at radius 1 is 0.364 bits per heavy atom. The second kappa shape index (κ2) is 14.6. The van der Waals surface area contributed by atoms with Crippen molar-refractivity contribution in [3.8, 4) is 0 Å². The molecule has 0 amide bonds. The SMILES string of the molecule is C.CC1CCCCC1.CC1CCCCC1.CC1CCCCC1. The Labute approximate surface area is 142 Å². The maximum absolute atomic E-state index is 2.36. The van der Waals surface area contributed by atoms with Crippen LogP contribution in [0.15, 0.2) is 0 Å². The maximum Gasteiger partial charge on any atom is -0.0443 e. The van der Waals surface area contributed by atoms with E-state index < -0.39 is 0 Å². The lowest BCUT2D eigenvalue weighted by Crippen LogP contribution is -1.99. The van der Waals surface area contributed by atoms with E-state index in [0.717, 1.165) is 17.8 Å². The molecule has 0 spiro atoms. The predicted octanol–water partition coefficient (Wildman–Crippen LogP) is 8.40. The monoisotopic (exact) mass is 310 g/mol. The highest BCUT2D eigenvalue weighted by Gasteiger charge is 2.07. The van der Waals surface area contributed by atoms with Gasteiger partial charge < -0.3 is 0 Å². The molecule has 0 N–H and O–H groups in total. The molecule has 3 rings (SSSR count). The zero-order valence-electron chi connectivity index (χ0n) is 15.3. The molecule has 3 aliphatic rings. The van der Waals surface area contributed by atoms with Crippen LogP contribution in [0.4, 0.5) is 0 Å². The van der Waals surface area contributed by atoms with Crippen molar-refractivity contribution >= 4 is 0 Å². The standard InChI is InChI=1S/3C7H14.CH4/c3*1-7-5-3-2-4-6-7;/h3*7H,2-6H2,1H3;1H4. The molecule has 0 aromatic rings. The highest BCUT2D eigenvalue weighted by atomic mass is 14.1. The summed E-state index contributed by atoms with van der Waals surface area (Å²) < 4.78 is 0. The summed E-state index contributed by atoms with van der Waals surface area (Å²) in [6.45, 7) is 7.08. The molecular formula is C22H46. The second-order valence-electron chi connectivity index (χ2n) is 8.23. The fourth-order valence-corrected chi connectivity index (χ4v) is 3.92. The Morgan fingerprint density at radius 3 is 0.636 bits per heavy atom. The van der Waals surface area contributed by atoms with Gasteiger partial charge in [-0.15, -0.1) is 0 Å². The third kappa shape index (κ3) is 12.5. The van der Waals surface area contributed by atoms with Crippen LogP contribution in [0.1, 0.15) is 125 Å². The average molecular weight is 311 g/mol. The molecule has 0 unspecified atom stereocenters. The molecule has 3 fully saturated rings. The van der Waals surface area contributed by atoms with Crippen LogP contribution in [0.2, 0.25) is 0 Å². The summed E-state index contributed by atoms with van der Waals surface area (Å²) in [5.74, 6) is 3.11. The summed E-state index contributed by atoms with van der Waals surface area (Å²) in [5.41, 5.74) is 0. The van der Waals surface area contributed by atoms with Crippen molar-refractivity contribution in [3.05, 3.63) is 0 Å². The molecule has 0 aromatic carbocycles. The van der Waals surface area contributed by atoms with Crippen molar-refractivity contribution in [3.63, 3.8) is 0 Å². The fraction of sp³-hybridized carbons (Fsp3) is 1.00. The highest BCUT2D eigenvalue weighted by molar-refractivity contribution is 4.60. The van der Waals surface area contributed by atoms with Gasteiger partial charge >= 0.3 is 0 Å². The van der Waals surface area contributed by atoms with Gasteiger partial charge in [0.1, 0.15) is 0 Å². The molecule has 3 aliphatic carbocycles. The smallest absolute Gasteiger partial charge is 0.0443 e. The van der Waals surface area contributed by atoms with Crippen molar-refractivity contribution in [1.82, 2.24) is 0 Å². The highest BCUT2D eigenvalue weighted by Crippen LogP contribution is 2.23. The van der Waals surface area contributed by atoms with E-state index in [1.165, 1.54) is 96.3 Å². The van der Waals surface area contributed by atoms with Gasteiger partial charge in [0, 0.05) is 0 Å². The first-order valence-electron chi connectivity index (χ1n) is 10.2. The molecule has 0 saturated heterocycles. The summed E-state index contributed by atoms with van der Waals surface area (Å²) >= 11 is 0. The lowest BCUT2D eigenvalue weighted by Gasteiger charge is -2.15. The zero-order chi connectivity index (χ0) is 15.3. The van der Waals surface area contributed by atoms with Gasteiger partial charge in [0.15, 0.2) is 0 Å². The van der Waals surface area contributed by atoms with E-state index in [0.29, 0.717) is 0 Å². The van der Waals surface area contributed by atoms with E-state index in [4.69, 9.17) is 0 Å². The summed E-state index contributed by atoms with van der Waals surface area (Å²) in [5, 5.41) is 0. The van der Waals surface area contributed by atoms with Gasteiger partial charge in [0.05, 0.1) is 0 Å². The molecule has 0 bridgehead atoms. The molecule has 0 nitrogen and oxygen atoms in total. The first-order chi connectivity index (χ1) is 10.2. The third-order valence-electron chi connectivity index (χ3n) is 5.68. The lowest BCUT2D eigenvalue weighted by atomic mass is 9.91. The Balaban J connectivity index is 0.000000294. The van der Waals surface area contributed by atoms with Crippen LogP contribution >= 0.6 is 0 Å². The topological polar surface area (TPSA) is 0 Å². The van der Waals surface area contributed by atoms with Crippen LogP contribution in [0.3, 0.4) is 0 Å². The number of hydrogen-bond donors (Lipinski definition) is 0. The molecule has 0 radical (unpaired) electrons. The van der Waals surface area contributed by atoms with Gasteiger partial charge in [-0.3, -0.25) is 0 Å². The summed E-state index contributed by atoms with van der Waals surface area (Å²) in [6.07, 6.45) is 22.3. The fourth-order valence-electron chi connectivity index (χ4n) is 3.92. The van der Waals surface area contributed by atoms with Crippen molar-refractivity contribution in [1.29, 1.82) is 0 Å². The molecule has 0 heterocycles. The van der Waals surface area contributed by atoms with Crippen LogP contribution in [0, 0.1) is 17.8 Å². The van der Waals surface area contributed by atoms with Crippen LogP contribution in [-0.2, 0) is 0 Å². The van der Waals surface area contributed by atoms with Crippen LogP contribution in [0.25, 0.3) is 0 Å². The number of rotatable bonds is 0. The van der Waals surface area contributed by atoms with Gasteiger partial charge in [0.25, 0.3) is 0 Å². The maximum atomic E-state index is 2.36. The van der Waals surface area contributed by atoms with E-state index in [-0.39, 0.29) is 7.43 Å². The third-order valence-corrected chi connectivity index (χ3v) is 5.68. The lowest BCUT2D eigenvalue weighted by molar-refractivity contribution is 0.385. The summed E-state index contributed by atoms with van der Waals surface area (Å²) in [7, 11) is 0. The Bertz CT molecular complexity index is 164. The van der Waals surface area contributed by atoms with Crippen molar-refractivity contribution < 1.29 is 0 Å². The van der Waals surface area contributed by atoms with E-state index in [2.05, 4.69) is 20.8 Å². The van der Waals surface area contributed by atoms with Gasteiger partial charge in [-0.25, -0.2) is 0 Å².